The van der Waals surface area contributed by atoms with Gasteiger partial charge in [0.15, 0.2) is 5.96 Å². The maximum Gasteiger partial charge on any atom is 0.288 e. The van der Waals surface area contributed by atoms with Crippen LogP contribution in [-0.2, 0) is 29.0 Å². The quantitative estimate of drug-likeness (QED) is 0.271. The number of nitrogens with zero attached hydrogens (tertiary/aromatic N) is 2. The van der Waals surface area contributed by atoms with Crippen LogP contribution in [0.1, 0.15) is 41.6 Å². The number of hydrogen-bond donors (Lipinski definition) is 3. The van der Waals surface area contributed by atoms with Crippen LogP contribution in [0.5, 0.6) is 0 Å². The van der Waals surface area contributed by atoms with Gasteiger partial charge in [-0.1, -0.05) is 42.8 Å². The zero-order chi connectivity index (χ0) is 24.8. The fourth-order valence-electron chi connectivity index (χ4n) is 4.39. The van der Waals surface area contributed by atoms with Crippen molar-refractivity contribution in [2.45, 2.75) is 38.8 Å². The van der Waals surface area contributed by atoms with Gasteiger partial charge in [-0.2, -0.15) is 0 Å². The van der Waals surface area contributed by atoms with Crippen LogP contribution < -0.4 is 16.8 Å². The zero-order valence-corrected chi connectivity index (χ0v) is 20.2. The van der Waals surface area contributed by atoms with E-state index < -0.39 is 23.5 Å². The normalized spacial score (nSPS) is 16.9. The molecule has 34 heavy (non-hydrogen) atoms. The lowest BCUT2D eigenvalue weighted by Crippen LogP contribution is -2.38. The second kappa shape index (κ2) is 11.4. The van der Waals surface area contributed by atoms with Crippen molar-refractivity contribution >= 4 is 29.3 Å². The smallest absolute Gasteiger partial charge is 0.288 e. The van der Waals surface area contributed by atoms with E-state index in [1.807, 2.05) is 12.1 Å². The van der Waals surface area contributed by atoms with E-state index in [2.05, 4.69) is 35.2 Å². The molecule has 9 heteroatoms. The Morgan fingerprint density at radius 3 is 2.62 bits per heavy atom. The molecule has 2 aromatic rings. The molecule has 0 saturated heterocycles. The summed E-state index contributed by atoms with van der Waals surface area (Å²) in [6.45, 7) is 4.30. The van der Waals surface area contributed by atoms with E-state index in [9.17, 15) is 14.0 Å². The topological polar surface area (TPSA) is 114 Å². The highest BCUT2D eigenvalue weighted by Crippen LogP contribution is 2.37. The molecular formula is C25H31ClFN5O2. The molecule has 2 aromatic carbocycles. The number of nitrogens with two attached hydrogens (primary N) is 2. The van der Waals surface area contributed by atoms with E-state index in [0.717, 1.165) is 36.7 Å². The average molecular weight is 488 g/mol. The monoisotopic (exact) mass is 487 g/mol. The number of guanidine groups is 1. The maximum atomic E-state index is 13.7. The summed E-state index contributed by atoms with van der Waals surface area (Å²) in [5, 5.41) is 2.83. The number of Topliss-reactive ketones (excluding diaryl/α,β-unsaturated/α-hetero) is 1. The molecule has 5 N–H and O–H groups in total. The number of benzene rings is 2. The first-order valence-electron chi connectivity index (χ1n) is 11.3. The van der Waals surface area contributed by atoms with Gasteiger partial charge in [0.05, 0.1) is 11.1 Å². The predicted octanol–water partition coefficient (Wildman–Crippen LogP) is 2.74. The molecule has 0 saturated carbocycles. The van der Waals surface area contributed by atoms with Crippen molar-refractivity contribution < 1.29 is 14.0 Å². The number of ketones is 1. The summed E-state index contributed by atoms with van der Waals surface area (Å²) in [6, 6.07) is 9.85. The summed E-state index contributed by atoms with van der Waals surface area (Å²) in [5.41, 5.74) is 14.7. The molecule has 0 heterocycles. The Morgan fingerprint density at radius 2 is 1.94 bits per heavy atom. The summed E-state index contributed by atoms with van der Waals surface area (Å²) in [6.07, 6.45) is 1.53. The summed E-state index contributed by atoms with van der Waals surface area (Å²) in [5.74, 6) is -2.13. The number of hydrogen-bond acceptors (Lipinski definition) is 4. The van der Waals surface area contributed by atoms with Crippen LogP contribution >= 0.6 is 11.6 Å². The van der Waals surface area contributed by atoms with Gasteiger partial charge in [0, 0.05) is 25.4 Å². The number of carbonyl (C=O) groups is 2. The number of carbonyl (C=O) groups excluding carboxylic acids is 2. The number of rotatable bonds is 10. The number of aliphatic imine (C=N–C) groups is 1. The average Bonchev–Trinajstić information content (AvgIpc) is 3.11. The van der Waals surface area contributed by atoms with Crippen molar-refractivity contribution in [1.29, 1.82) is 0 Å². The van der Waals surface area contributed by atoms with Gasteiger partial charge in [0.25, 0.3) is 5.91 Å². The number of amides is 1. The number of nitrogens with one attached hydrogen (secondary N) is 1. The van der Waals surface area contributed by atoms with Gasteiger partial charge in [-0.25, -0.2) is 4.39 Å². The highest BCUT2D eigenvalue weighted by molar-refractivity contribution is 6.36. The second-order valence-corrected chi connectivity index (χ2v) is 9.21. The summed E-state index contributed by atoms with van der Waals surface area (Å²) >= 11 is 5.69. The van der Waals surface area contributed by atoms with Crippen molar-refractivity contribution in [3.05, 3.63) is 69.5 Å². The van der Waals surface area contributed by atoms with E-state index in [0.29, 0.717) is 18.5 Å². The van der Waals surface area contributed by atoms with E-state index in [-0.39, 0.29) is 23.3 Å². The minimum Gasteiger partial charge on any atom is -0.370 e. The molecule has 0 aliphatic heterocycles. The van der Waals surface area contributed by atoms with Crippen molar-refractivity contribution in [3.8, 4) is 0 Å². The van der Waals surface area contributed by atoms with Crippen LogP contribution in [0.3, 0.4) is 0 Å². The molecule has 0 bridgehead atoms. The molecule has 3 rings (SSSR count). The zero-order valence-electron chi connectivity index (χ0n) is 19.5. The Bertz CT molecular complexity index is 1090. The fraction of sp³-hybridized carbons (Fsp3) is 0.400. The Kier molecular flexibility index (Phi) is 8.63. The molecule has 1 aliphatic rings. The number of halogens is 2. The maximum absolute atomic E-state index is 13.7. The highest BCUT2D eigenvalue weighted by atomic mass is 35.5. The van der Waals surface area contributed by atoms with Gasteiger partial charge in [-0.3, -0.25) is 14.6 Å². The minimum atomic E-state index is -0.727. The first kappa shape index (κ1) is 25.6. The summed E-state index contributed by atoms with van der Waals surface area (Å²) in [4.78, 5) is 31.7. The highest BCUT2D eigenvalue weighted by Gasteiger charge is 2.34. The third-order valence-electron chi connectivity index (χ3n) is 5.95. The van der Waals surface area contributed by atoms with Gasteiger partial charge in [0.1, 0.15) is 5.82 Å². The molecular weight excluding hydrogens is 457 g/mol. The molecule has 0 radical (unpaired) electrons. The van der Waals surface area contributed by atoms with Crippen LogP contribution in [0, 0.1) is 11.7 Å². The van der Waals surface area contributed by atoms with Gasteiger partial charge in [-0.05, 0) is 60.8 Å². The van der Waals surface area contributed by atoms with Crippen LogP contribution in [0.2, 0.25) is 5.02 Å². The molecule has 0 fully saturated rings. The van der Waals surface area contributed by atoms with Crippen molar-refractivity contribution in [2.24, 2.45) is 22.4 Å². The molecule has 1 aliphatic carbocycles. The van der Waals surface area contributed by atoms with Crippen LogP contribution in [0.15, 0.2) is 41.4 Å². The van der Waals surface area contributed by atoms with E-state index in [1.165, 1.54) is 17.7 Å². The molecule has 7 nitrogen and oxygen atoms in total. The second-order valence-electron chi connectivity index (χ2n) is 8.80. The largest absolute Gasteiger partial charge is 0.370 e. The van der Waals surface area contributed by atoms with Crippen molar-refractivity contribution in [1.82, 2.24) is 10.2 Å². The van der Waals surface area contributed by atoms with Crippen LogP contribution in [0.25, 0.3) is 0 Å². The first-order chi connectivity index (χ1) is 16.2. The van der Waals surface area contributed by atoms with Gasteiger partial charge >= 0.3 is 0 Å². The Morgan fingerprint density at radius 1 is 1.21 bits per heavy atom. The molecule has 182 valence electrons. The van der Waals surface area contributed by atoms with Gasteiger partial charge < -0.3 is 21.7 Å². The lowest BCUT2D eigenvalue weighted by atomic mass is 9.99. The van der Waals surface area contributed by atoms with E-state index in [4.69, 9.17) is 23.1 Å². The van der Waals surface area contributed by atoms with E-state index in [1.54, 1.807) is 0 Å². The van der Waals surface area contributed by atoms with Gasteiger partial charge in [-0.15, -0.1) is 0 Å². The molecule has 2 atom stereocenters. The third kappa shape index (κ3) is 6.55. The Hall–Kier alpha value is -2.97. The van der Waals surface area contributed by atoms with Crippen LogP contribution in [0.4, 0.5) is 4.39 Å². The lowest BCUT2D eigenvalue weighted by molar-refractivity contribution is -0.138. The molecule has 0 aromatic heterocycles. The summed E-state index contributed by atoms with van der Waals surface area (Å²) in [7, 11) is 2.08. The summed E-state index contributed by atoms with van der Waals surface area (Å²) < 4.78 is 13.7. The van der Waals surface area contributed by atoms with E-state index >= 15 is 0 Å². The first-order valence-corrected chi connectivity index (χ1v) is 11.7. The molecule has 0 unspecified atom stereocenters. The van der Waals surface area contributed by atoms with Crippen molar-refractivity contribution in [2.75, 3.05) is 20.1 Å². The fourth-order valence-corrected chi connectivity index (χ4v) is 4.51. The third-order valence-corrected chi connectivity index (χ3v) is 6.26. The predicted molar refractivity (Wildman–Crippen MR) is 132 cm³/mol. The van der Waals surface area contributed by atoms with Gasteiger partial charge in [0.2, 0.25) is 5.78 Å². The molecule has 0 spiro atoms. The lowest BCUT2D eigenvalue weighted by Gasteiger charge is -2.21. The van der Waals surface area contributed by atoms with Crippen molar-refractivity contribution in [3.63, 3.8) is 0 Å². The Balaban J connectivity index is 1.76. The molecule has 1 amide bonds. The minimum absolute atomic E-state index is 0.0243. The Labute approximate surface area is 204 Å². The standard InChI is InChI=1S/C25H31ClFN5O2/c1-3-8-32(2)14-16-4-6-19-17(9-16)12-18(13-30-25(28)29)23(19)31-24(34)22(33)11-15-5-7-20(26)21(27)10-15/h4-7,9-10,18,23H,3,8,11-14H2,1-2H3,(H,31,34)(H4,28,29,30)/t18-,23-/m1/s1. The number of fused-ring (bicyclic) bond motifs is 1. The SMILES string of the molecule is CCCN(C)Cc1ccc2c(c1)C[C@H](CN=C(N)N)[C@H]2NC(=O)C(=O)Cc1ccc(Cl)c(F)c1. The van der Waals surface area contributed by atoms with Crippen LogP contribution in [-0.4, -0.2) is 42.7 Å².